The number of hydrogen-bond acceptors (Lipinski definition) is 4. The van der Waals surface area contributed by atoms with Gasteiger partial charge in [0.15, 0.2) is 5.92 Å². The van der Waals surface area contributed by atoms with E-state index in [1.165, 1.54) is 6.08 Å². The van der Waals surface area contributed by atoms with Gasteiger partial charge in [0, 0.05) is 35.9 Å². The fourth-order valence-electron chi connectivity index (χ4n) is 3.07. The Morgan fingerprint density at radius 1 is 1.31 bits per heavy atom. The summed E-state index contributed by atoms with van der Waals surface area (Å²) in [6.07, 6.45) is 4.06. The number of nitrogens with one attached hydrogen (secondary N) is 2. The van der Waals surface area contributed by atoms with E-state index in [4.69, 9.17) is 0 Å². The number of urea groups is 1. The van der Waals surface area contributed by atoms with Gasteiger partial charge in [-0.15, -0.1) is 6.58 Å². The number of aromatic nitrogens is 1. The van der Waals surface area contributed by atoms with Gasteiger partial charge in [-0.25, -0.2) is 4.79 Å². The minimum atomic E-state index is -1.07. The van der Waals surface area contributed by atoms with E-state index in [9.17, 15) is 14.4 Å². The SMILES string of the molecule is C=CCN1C(=O)NC(=O)C(C(C)=NCCc2c[nH]c3ccccc23)C1=O. The number of fused-ring (bicyclic) bond motifs is 1. The maximum absolute atomic E-state index is 12.5. The molecular weight excluding hydrogens is 332 g/mol. The fourth-order valence-corrected chi connectivity index (χ4v) is 3.07. The van der Waals surface area contributed by atoms with Gasteiger partial charge < -0.3 is 4.98 Å². The molecule has 0 radical (unpaired) electrons. The molecule has 1 aromatic heterocycles. The van der Waals surface area contributed by atoms with E-state index in [1.54, 1.807) is 6.92 Å². The topological polar surface area (TPSA) is 94.6 Å². The average molecular weight is 352 g/mol. The zero-order valence-electron chi connectivity index (χ0n) is 14.5. The van der Waals surface area contributed by atoms with Crippen LogP contribution in [0.3, 0.4) is 0 Å². The molecule has 1 unspecified atom stereocenters. The lowest BCUT2D eigenvalue weighted by atomic mass is 9.99. The number of barbiturate groups is 1. The first kappa shape index (κ1) is 17.6. The molecule has 2 heterocycles. The van der Waals surface area contributed by atoms with Gasteiger partial charge in [0.2, 0.25) is 11.8 Å². The van der Waals surface area contributed by atoms with Crippen molar-refractivity contribution in [2.45, 2.75) is 13.3 Å². The van der Waals surface area contributed by atoms with Gasteiger partial charge in [-0.05, 0) is 25.0 Å². The van der Waals surface area contributed by atoms with Crippen LogP contribution >= 0.6 is 0 Å². The third kappa shape index (κ3) is 3.28. The number of rotatable bonds is 6. The van der Waals surface area contributed by atoms with E-state index in [2.05, 4.69) is 21.9 Å². The minimum Gasteiger partial charge on any atom is -0.361 e. The predicted molar refractivity (Wildman–Crippen MR) is 98.9 cm³/mol. The molecule has 4 amide bonds. The first-order chi connectivity index (χ1) is 12.5. The van der Waals surface area contributed by atoms with Crippen LogP contribution < -0.4 is 5.32 Å². The maximum Gasteiger partial charge on any atom is 0.331 e. The van der Waals surface area contributed by atoms with Crippen molar-refractivity contribution in [3.05, 3.63) is 48.7 Å². The third-order valence-electron chi connectivity index (χ3n) is 4.40. The zero-order valence-corrected chi connectivity index (χ0v) is 14.5. The molecule has 0 bridgehead atoms. The third-order valence-corrected chi connectivity index (χ3v) is 4.40. The van der Waals surface area contributed by atoms with Gasteiger partial charge in [0.05, 0.1) is 0 Å². The molecule has 7 nitrogen and oxygen atoms in total. The molecule has 1 aliphatic rings. The smallest absolute Gasteiger partial charge is 0.331 e. The normalized spacial score (nSPS) is 18.3. The molecule has 26 heavy (non-hydrogen) atoms. The molecule has 1 fully saturated rings. The summed E-state index contributed by atoms with van der Waals surface area (Å²) in [4.78, 5) is 44.9. The summed E-state index contributed by atoms with van der Waals surface area (Å²) < 4.78 is 0. The molecular formula is C19H20N4O3. The largest absolute Gasteiger partial charge is 0.361 e. The Morgan fingerprint density at radius 2 is 2.08 bits per heavy atom. The Hall–Kier alpha value is -3.22. The van der Waals surface area contributed by atoms with Gasteiger partial charge in [-0.2, -0.15) is 0 Å². The van der Waals surface area contributed by atoms with Crippen LogP contribution in [0.25, 0.3) is 10.9 Å². The van der Waals surface area contributed by atoms with Gasteiger partial charge >= 0.3 is 6.03 Å². The van der Waals surface area contributed by atoms with Crippen LogP contribution in [-0.4, -0.2) is 46.5 Å². The molecule has 2 N–H and O–H groups in total. The summed E-state index contributed by atoms with van der Waals surface area (Å²) in [6, 6.07) is 7.26. The number of H-pyrrole nitrogens is 1. The number of aromatic amines is 1. The van der Waals surface area contributed by atoms with Crippen molar-refractivity contribution in [1.82, 2.24) is 15.2 Å². The molecule has 0 spiro atoms. The molecule has 7 heteroatoms. The van der Waals surface area contributed by atoms with Crippen LogP contribution in [0, 0.1) is 5.92 Å². The molecule has 1 aromatic carbocycles. The second-order valence-corrected chi connectivity index (χ2v) is 6.10. The van der Waals surface area contributed by atoms with E-state index >= 15 is 0 Å². The van der Waals surface area contributed by atoms with Crippen LogP contribution in [0.1, 0.15) is 12.5 Å². The van der Waals surface area contributed by atoms with Crippen molar-refractivity contribution in [2.75, 3.05) is 13.1 Å². The molecule has 134 valence electrons. The number of amides is 4. The fraction of sp³-hybridized carbons (Fsp3) is 0.263. The van der Waals surface area contributed by atoms with Gasteiger partial charge in [0.25, 0.3) is 0 Å². The van der Waals surface area contributed by atoms with Crippen molar-refractivity contribution in [3.63, 3.8) is 0 Å². The minimum absolute atomic E-state index is 0.0526. The zero-order chi connectivity index (χ0) is 18.7. The molecule has 0 saturated carbocycles. The van der Waals surface area contributed by atoms with Crippen LogP contribution in [0.15, 0.2) is 48.1 Å². The Balaban J connectivity index is 1.72. The molecule has 1 saturated heterocycles. The number of carbonyl (C=O) groups excluding carboxylic acids is 3. The lowest BCUT2D eigenvalue weighted by Gasteiger charge is -2.29. The van der Waals surface area contributed by atoms with Crippen LogP contribution in [0.4, 0.5) is 4.79 Å². The van der Waals surface area contributed by atoms with E-state index in [0.29, 0.717) is 18.7 Å². The molecule has 1 aliphatic heterocycles. The summed E-state index contributed by atoms with van der Waals surface area (Å²) in [5.74, 6) is -2.27. The Morgan fingerprint density at radius 3 is 2.85 bits per heavy atom. The first-order valence-electron chi connectivity index (χ1n) is 8.36. The Labute approximate surface area is 150 Å². The highest BCUT2D eigenvalue weighted by Crippen LogP contribution is 2.18. The molecule has 1 atom stereocenters. The lowest BCUT2D eigenvalue weighted by molar-refractivity contribution is -0.139. The summed E-state index contributed by atoms with van der Waals surface area (Å²) in [7, 11) is 0. The highest BCUT2D eigenvalue weighted by Gasteiger charge is 2.41. The van der Waals surface area contributed by atoms with Crippen LogP contribution in [-0.2, 0) is 16.0 Å². The van der Waals surface area contributed by atoms with Crippen molar-refractivity contribution >= 4 is 34.5 Å². The number of carbonyl (C=O) groups is 3. The van der Waals surface area contributed by atoms with Crippen LogP contribution in [0.5, 0.6) is 0 Å². The van der Waals surface area contributed by atoms with E-state index in [-0.39, 0.29) is 6.54 Å². The summed E-state index contributed by atoms with van der Waals surface area (Å²) in [6.45, 7) is 5.66. The quantitative estimate of drug-likeness (QED) is 0.473. The van der Waals surface area contributed by atoms with Crippen molar-refractivity contribution in [3.8, 4) is 0 Å². The average Bonchev–Trinajstić information content (AvgIpc) is 3.02. The molecule has 0 aliphatic carbocycles. The first-order valence-corrected chi connectivity index (χ1v) is 8.36. The summed E-state index contributed by atoms with van der Waals surface area (Å²) in [5.41, 5.74) is 2.58. The number of para-hydroxylation sites is 1. The summed E-state index contributed by atoms with van der Waals surface area (Å²) >= 11 is 0. The number of hydrogen-bond donors (Lipinski definition) is 2. The monoisotopic (exact) mass is 352 g/mol. The second-order valence-electron chi connectivity index (χ2n) is 6.10. The summed E-state index contributed by atoms with van der Waals surface area (Å²) in [5, 5.41) is 3.33. The highest BCUT2D eigenvalue weighted by atomic mass is 16.2. The lowest BCUT2D eigenvalue weighted by Crippen LogP contribution is -2.59. The van der Waals surface area contributed by atoms with E-state index < -0.39 is 23.8 Å². The molecule has 2 aromatic rings. The van der Waals surface area contributed by atoms with E-state index in [0.717, 1.165) is 21.4 Å². The number of nitrogens with zero attached hydrogens (tertiary/aromatic N) is 2. The van der Waals surface area contributed by atoms with Crippen LogP contribution in [0.2, 0.25) is 0 Å². The van der Waals surface area contributed by atoms with E-state index in [1.807, 2.05) is 30.5 Å². The van der Waals surface area contributed by atoms with Crippen molar-refractivity contribution in [1.29, 1.82) is 0 Å². The second kappa shape index (κ2) is 7.35. The van der Waals surface area contributed by atoms with Crippen molar-refractivity contribution < 1.29 is 14.4 Å². The maximum atomic E-state index is 12.5. The van der Waals surface area contributed by atoms with Gasteiger partial charge in [-0.1, -0.05) is 24.3 Å². The standard InChI is InChI=1S/C19H20N4O3/c1-3-10-23-18(25)16(17(24)22-19(23)26)12(2)20-9-8-13-11-21-15-7-5-4-6-14(13)15/h3-7,11,16,21H,1,8-10H2,2H3,(H,22,24,26). The molecule has 3 rings (SSSR count). The predicted octanol–water partition coefficient (Wildman–Crippen LogP) is 2.05. The number of aliphatic imine (C=N–C) groups is 1. The Kier molecular flexibility index (Phi) is 4.97. The number of benzene rings is 1. The highest BCUT2D eigenvalue weighted by molar-refractivity contribution is 6.27. The van der Waals surface area contributed by atoms with Gasteiger partial charge in [-0.3, -0.25) is 24.8 Å². The van der Waals surface area contributed by atoms with Gasteiger partial charge in [0.1, 0.15) is 0 Å². The number of imide groups is 2. The van der Waals surface area contributed by atoms with Crippen molar-refractivity contribution in [2.24, 2.45) is 10.9 Å². The Bertz CT molecular complexity index is 912.